The topological polar surface area (TPSA) is 65.8 Å². The molecule has 3 rings (SSSR count). The lowest BCUT2D eigenvalue weighted by Crippen LogP contribution is -2.49. The average Bonchev–Trinajstić information content (AvgIpc) is 2.61. The Morgan fingerprint density at radius 2 is 2.12 bits per heavy atom. The number of aliphatic hydroxyl groups excluding tert-OH is 1. The lowest BCUT2D eigenvalue weighted by atomic mass is 9.93. The summed E-state index contributed by atoms with van der Waals surface area (Å²) in [7, 11) is 0. The molecule has 24 heavy (non-hydrogen) atoms. The van der Waals surface area contributed by atoms with E-state index in [4.69, 9.17) is 4.74 Å². The summed E-state index contributed by atoms with van der Waals surface area (Å²) in [6.07, 6.45) is 3.31. The average molecular weight is 328 g/mol. The molecular formula is C19H24N2O3. The van der Waals surface area contributed by atoms with Gasteiger partial charge in [0.15, 0.2) is 0 Å². The van der Waals surface area contributed by atoms with Crippen molar-refractivity contribution >= 4 is 0 Å². The molecule has 0 radical (unpaired) electrons. The van der Waals surface area contributed by atoms with Crippen LogP contribution in [0.3, 0.4) is 0 Å². The molecule has 5 nitrogen and oxygen atoms in total. The van der Waals surface area contributed by atoms with Crippen LogP contribution in [0.5, 0.6) is 5.75 Å². The fraction of sp³-hybridized carbons (Fsp3) is 0.421. The summed E-state index contributed by atoms with van der Waals surface area (Å²) < 4.78 is 5.81. The van der Waals surface area contributed by atoms with Gasteiger partial charge in [0.2, 0.25) is 0 Å². The Balaban J connectivity index is 1.59. The van der Waals surface area contributed by atoms with Crippen molar-refractivity contribution in [3.05, 3.63) is 59.9 Å². The standard InChI is InChI=1S/C19H24N2O3/c22-15-19(23)8-4-10-21(14-19)12-16-5-3-7-18(11-16)24-13-17-6-1-2-9-20-17/h1-3,5-7,9,11,22-23H,4,8,10,12-15H2/t19-/m1/s1. The third kappa shape index (κ3) is 4.54. The molecule has 1 atom stereocenters. The molecule has 2 aromatic rings. The third-order valence-electron chi connectivity index (χ3n) is 4.35. The number of hydrogen-bond acceptors (Lipinski definition) is 5. The van der Waals surface area contributed by atoms with Gasteiger partial charge in [-0.15, -0.1) is 0 Å². The first-order chi connectivity index (χ1) is 11.7. The second-order valence-electron chi connectivity index (χ2n) is 6.45. The normalized spacial score (nSPS) is 21.6. The van der Waals surface area contributed by atoms with Gasteiger partial charge in [-0.05, 0) is 49.2 Å². The van der Waals surface area contributed by atoms with E-state index < -0.39 is 5.60 Å². The van der Waals surface area contributed by atoms with Crippen LogP contribution in [-0.2, 0) is 13.2 Å². The van der Waals surface area contributed by atoms with Crippen LogP contribution in [0.1, 0.15) is 24.1 Å². The Hall–Kier alpha value is -1.95. The summed E-state index contributed by atoms with van der Waals surface area (Å²) >= 11 is 0. The number of likely N-dealkylation sites (tertiary alicyclic amines) is 1. The maximum Gasteiger partial charge on any atom is 0.130 e. The predicted molar refractivity (Wildman–Crippen MR) is 91.6 cm³/mol. The Bertz CT molecular complexity index is 650. The Kier molecular flexibility index (Phi) is 5.45. The fourth-order valence-electron chi connectivity index (χ4n) is 3.10. The molecule has 1 aromatic heterocycles. The van der Waals surface area contributed by atoms with Gasteiger partial charge in [0.25, 0.3) is 0 Å². The van der Waals surface area contributed by atoms with E-state index in [1.807, 2.05) is 36.4 Å². The van der Waals surface area contributed by atoms with Crippen molar-refractivity contribution in [3.63, 3.8) is 0 Å². The summed E-state index contributed by atoms with van der Waals surface area (Å²) in [5.74, 6) is 0.813. The van der Waals surface area contributed by atoms with E-state index in [0.29, 0.717) is 19.6 Å². The van der Waals surface area contributed by atoms with Gasteiger partial charge in [-0.25, -0.2) is 0 Å². The van der Waals surface area contributed by atoms with Gasteiger partial charge in [-0.2, -0.15) is 0 Å². The van der Waals surface area contributed by atoms with Crippen molar-refractivity contribution in [1.82, 2.24) is 9.88 Å². The van der Waals surface area contributed by atoms with Gasteiger partial charge in [0.05, 0.1) is 12.3 Å². The van der Waals surface area contributed by atoms with Gasteiger partial charge in [0, 0.05) is 19.3 Å². The maximum atomic E-state index is 10.3. The zero-order valence-electron chi connectivity index (χ0n) is 13.8. The minimum absolute atomic E-state index is 0.184. The first-order valence-electron chi connectivity index (χ1n) is 8.34. The number of ether oxygens (including phenoxy) is 1. The van der Waals surface area contributed by atoms with E-state index >= 15 is 0 Å². The van der Waals surface area contributed by atoms with Crippen molar-refractivity contribution in [2.24, 2.45) is 0 Å². The van der Waals surface area contributed by atoms with Crippen molar-refractivity contribution < 1.29 is 14.9 Å². The summed E-state index contributed by atoms with van der Waals surface area (Å²) in [6, 6.07) is 13.8. The summed E-state index contributed by atoms with van der Waals surface area (Å²) in [5.41, 5.74) is 1.06. The van der Waals surface area contributed by atoms with Crippen molar-refractivity contribution in [1.29, 1.82) is 0 Å². The summed E-state index contributed by atoms with van der Waals surface area (Å²) in [5, 5.41) is 19.6. The number of hydrogen-bond donors (Lipinski definition) is 2. The quantitative estimate of drug-likeness (QED) is 0.849. The Labute approximate surface area is 142 Å². The summed E-state index contributed by atoms with van der Waals surface area (Å²) in [6.45, 7) is 2.43. The first kappa shape index (κ1) is 16.9. The highest BCUT2D eigenvalue weighted by atomic mass is 16.5. The van der Waals surface area contributed by atoms with Crippen LogP contribution in [0.4, 0.5) is 0 Å². The number of aliphatic hydroxyl groups is 2. The van der Waals surface area contributed by atoms with Crippen LogP contribution >= 0.6 is 0 Å². The smallest absolute Gasteiger partial charge is 0.130 e. The molecule has 0 aliphatic carbocycles. The Morgan fingerprint density at radius 1 is 1.21 bits per heavy atom. The minimum atomic E-state index is -0.967. The molecule has 1 aliphatic rings. The molecule has 0 bridgehead atoms. The molecule has 0 amide bonds. The summed E-state index contributed by atoms with van der Waals surface area (Å²) in [4.78, 5) is 6.43. The monoisotopic (exact) mass is 328 g/mol. The minimum Gasteiger partial charge on any atom is -0.487 e. The van der Waals surface area contributed by atoms with Crippen LogP contribution in [-0.4, -0.2) is 45.4 Å². The molecule has 1 aromatic carbocycles. The van der Waals surface area contributed by atoms with Gasteiger partial charge in [0.1, 0.15) is 18.0 Å². The van der Waals surface area contributed by atoms with Gasteiger partial charge < -0.3 is 14.9 Å². The van der Waals surface area contributed by atoms with Crippen LogP contribution < -0.4 is 4.74 Å². The number of benzene rings is 1. The SMILES string of the molecule is OC[C@@]1(O)CCCN(Cc2cccc(OCc3ccccn3)c2)C1. The molecule has 1 saturated heterocycles. The van der Waals surface area contributed by atoms with E-state index in [-0.39, 0.29) is 6.61 Å². The number of nitrogens with zero attached hydrogens (tertiary/aromatic N) is 2. The molecule has 1 aliphatic heterocycles. The molecule has 0 spiro atoms. The van der Waals surface area contributed by atoms with E-state index in [1.54, 1.807) is 6.20 Å². The zero-order chi connectivity index (χ0) is 16.8. The highest BCUT2D eigenvalue weighted by Gasteiger charge is 2.32. The molecule has 1 fully saturated rings. The van der Waals surface area contributed by atoms with Gasteiger partial charge in [-0.1, -0.05) is 18.2 Å². The second kappa shape index (κ2) is 7.75. The highest BCUT2D eigenvalue weighted by Crippen LogP contribution is 2.23. The third-order valence-corrected chi connectivity index (χ3v) is 4.35. The molecular weight excluding hydrogens is 304 g/mol. The van der Waals surface area contributed by atoms with Crippen LogP contribution in [0.25, 0.3) is 0 Å². The predicted octanol–water partition coefficient (Wildman–Crippen LogP) is 1.98. The lowest BCUT2D eigenvalue weighted by Gasteiger charge is -2.38. The number of pyridine rings is 1. The molecule has 2 heterocycles. The largest absolute Gasteiger partial charge is 0.487 e. The van der Waals surface area contributed by atoms with Gasteiger partial charge in [-0.3, -0.25) is 9.88 Å². The number of piperidine rings is 1. The highest BCUT2D eigenvalue weighted by molar-refractivity contribution is 5.28. The van der Waals surface area contributed by atoms with Crippen LogP contribution in [0.2, 0.25) is 0 Å². The van der Waals surface area contributed by atoms with Crippen LogP contribution in [0, 0.1) is 0 Å². The van der Waals surface area contributed by atoms with Crippen LogP contribution in [0.15, 0.2) is 48.7 Å². The van der Waals surface area contributed by atoms with E-state index in [2.05, 4.69) is 16.0 Å². The first-order valence-corrected chi connectivity index (χ1v) is 8.34. The van der Waals surface area contributed by atoms with Gasteiger partial charge >= 0.3 is 0 Å². The number of aromatic nitrogens is 1. The number of β-amino-alcohol motifs (C(OH)–C–C–N with tert-alkyl or cyclic N) is 1. The van der Waals surface area contributed by atoms with Crippen molar-refractivity contribution in [2.75, 3.05) is 19.7 Å². The Morgan fingerprint density at radius 3 is 2.92 bits per heavy atom. The van der Waals surface area contributed by atoms with E-state index in [1.165, 1.54) is 0 Å². The lowest BCUT2D eigenvalue weighted by molar-refractivity contribution is -0.0687. The molecule has 0 saturated carbocycles. The number of rotatable bonds is 6. The maximum absolute atomic E-state index is 10.3. The molecule has 0 unspecified atom stereocenters. The van der Waals surface area contributed by atoms with Crippen molar-refractivity contribution in [3.8, 4) is 5.75 Å². The second-order valence-corrected chi connectivity index (χ2v) is 6.45. The molecule has 5 heteroatoms. The van der Waals surface area contributed by atoms with E-state index in [0.717, 1.165) is 36.5 Å². The fourth-order valence-corrected chi connectivity index (χ4v) is 3.10. The molecule has 128 valence electrons. The van der Waals surface area contributed by atoms with Crippen molar-refractivity contribution in [2.45, 2.75) is 31.6 Å². The zero-order valence-corrected chi connectivity index (χ0v) is 13.8. The van der Waals surface area contributed by atoms with E-state index in [9.17, 15) is 10.2 Å². The molecule has 2 N–H and O–H groups in total.